The first kappa shape index (κ1) is 12.7. The van der Waals surface area contributed by atoms with Crippen LogP contribution in [0, 0.1) is 0 Å². The Kier molecular flexibility index (Phi) is 4.49. The van der Waals surface area contributed by atoms with Crippen molar-refractivity contribution in [3.63, 3.8) is 0 Å². The smallest absolute Gasteiger partial charge is 0.225 e. The molecule has 1 rings (SSSR count). The lowest BCUT2D eigenvalue weighted by Gasteiger charge is -2.19. The summed E-state index contributed by atoms with van der Waals surface area (Å²) in [5, 5.41) is 2.85. The Hall–Kier alpha value is -1.36. The lowest BCUT2D eigenvalue weighted by atomic mass is 10.2. The summed E-state index contributed by atoms with van der Waals surface area (Å²) < 4.78 is 11.0. The maximum Gasteiger partial charge on any atom is 0.225 e. The molecule has 0 spiro atoms. The van der Waals surface area contributed by atoms with Crippen molar-refractivity contribution >= 4 is 5.95 Å². The Bertz CT molecular complexity index is 323. The van der Waals surface area contributed by atoms with Crippen LogP contribution in [0.15, 0.2) is 12.3 Å². The van der Waals surface area contributed by atoms with Crippen molar-refractivity contribution in [1.29, 1.82) is 0 Å². The zero-order valence-electron chi connectivity index (χ0n) is 10.3. The second kappa shape index (κ2) is 5.65. The van der Waals surface area contributed by atoms with E-state index in [9.17, 15) is 0 Å². The van der Waals surface area contributed by atoms with Gasteiger partial charge in [0.1, 0.15) is 6.61 Å². The molecule has 0 fully saturated rings. The van der Waals surface area contributed by atoms with E-state index in [2.05, 4.69) is 15.3 Å². The second-order valence-electron chi connectivity index (χ2n) is 4.28. The average Bonchev–Trinajstić information content (AvgIpc) is 2.23. The van der Waals surface area contributed by atoms with Gasteiger partial charge in [-0.2, -0.15) is 4.98 Å². The van der Waals surface area contributed by atoms with Crippen molar-refractivity contribution in [3.8, 4) is 5.88 Å². The van der Waals surface area contributed by atoms with Gasteiger partial charge < -0.3 is 14.8 Å². The van der Waals surface area contributed by atoms with E-state index in [0.29, 0.717) is 25.0 Å². The predicted molar refractivity (Wildman–Crippen MR) is 62.8 cm³/mol. The largest absolute Gasteiger partial charge is 0.475 e. The van der Waals surface area contributed by atoms with Gasteiger partial charge in [0.25, 0.3) is 0 Å². The first-order valence-electron chi connectivity index (χ1n) is 5.29. The van der Waals surface area contributed by atoms with Crippen LogP contribution in [0.5, 0.6) is 5.88 Å². The number of aromatic nitrogens is 2. The van der Waals surface area contributed by atoms with E-state index in [1.165, 1.54) is 0 Å². The first-order chi connectivity index (χ1) is 7.51. The number of anilines is 1. The molecule has 90 valence electrons. The van der Waals surface area contributed by atoms with Crippen LogP contribution in [0.3, 0.4) is 0 Å². The van der Waals surface area contributed by atoms with Gasteiger partial charge in [-0.15, -0.1) is 0 Å². The van der Waals surface area contributed by atoms with Gasteiger partial charge in [-0.05, 0) is 20.8 Å². The molecule has 0 atom stereocenters. The molecule has 0 aromatic carbocycles. The van der Waals surface area contributed by atoms with Gasteiger partial charge in [0.05, 0.1) is 12.2 Å². The van der Waals surface area contributed by atoms with E-state index in [0.717, 1.165) is 0 Å². The van der Waals surface area contributed by atoms with Crippen LogP contribution in [0.25, 0.3) is 0 Å². The summed E-state index contributed by atoms with van der Waals surface area (Å²) in [7, 11) is 1.77. The van der Waals surface area contributed by atoms with Crippen molar-refractivity contribution in [3.05, 3.63) is 12.3 Å². The van der Waals surface area contributed by atoms with Crippen molar-refractivity contribution in [1.82, 2.24) is 9.97 Å². The molecule has 1 aromatic heterocycles. The molecule has 0 aliphatic heterocycles. The molecule has 0 saturated carbocycles. The van der Waals surface area contributed by atoms with E-state index < -0.39 is 0 Å². The lowest BCUT2D eigenvalue weighted by molar-refractivity contribution is -0.0168. The maximum atomic E-state index is 5.52. The van der Waals surface area contributed by atoms with Gasteiger partial charge in [-0.25, -0.2) is 4.98 Å². The van der Waals surface area contributed by atoms with Crippen molar-refractivity contribution in [2.45, 2.75) is 26.4 Å². The topological polar surface area (TPSA) is 56.3 Å². The Labute approximate surface area is 96.2 Å². The fourth-order valence-electron chi connectivity index (χ4n) is 1.04. The fourth-order valence-corrected chi connectivity index (χ4v) is 1.04. The lowest BCUT2D eigenvalue weighted by Crippen LogP contribution is -2.22. The van der Waals surface area contributed by atoms with Gasteiger partial charge in [0.15, 0.2) is 0 Å². The highest BCUT2D eigenvalue weighted by Gasteiger charge is 2.09. The van der Waals surface area contributed by atoms with Crippen LogP contribution in [0.4, 0.5) is 5.95 Å². The summed E-state index contributed by atoms with van der Waals surface area (Å²) in [5.41, 5.74) is -0.134. The summed E-state index contributed by atoms with van der Waals surface area (Å²) in [5.74, 6) is 1.10. The van der Waals surface area contributed by atoms with Gasteiger partial charge in [0, 0.05) is 19.3 Å². The zero-order valence-corrected chi connectivity index (χ0v) is 10.3. The molecule has 1 heterocycles. The molecule has 1 N–H and O–H groups in total. The molecular weight excluding hydrogens is 206 g/mol. The summed E-state index contributed by atoms with van der Waals surface area (Å²) in [6.07, 6.45) is 1.65. The van der Waals surface area contributed by atoms with Gasteiger partial charge in [0.2, 0.25) is 11.8 Å². The van der Waals surface area contributed by atoms with Crippen molar-refractivity contribution in [2.24, 2.45) is 0 Å². The van der Waals surface area contributed by atoms with E-state index in [1.54, 1.807) is 19.3 Å². The molecule has 0 saturated heterocycles. The third-order valence-corrected chi connectivity index (χ3v) is 1.72. The second-order valence-corrected chi connectivity index (χ2v) is 4.28. The molecule has 1 aromatic rings. The highest BCUT2D eigenvalue weighted by Crippen LogP contribution is 2.09. The minimum absolute atomic E-state index is 0.134. The highest BCUT2D eigenvalue weighted by molar-refractivity contribution is 5.25. The normalized spacial score (nSPS) is 11.2. The number of nitrogens with zero attached hydrogens (tertiary/aromatic N) is 2. The van der Waals surface area contributed by atoms with Crippen LogP contribution >= 0.6 is 0 Å². The number of ether oxygens (including phenoxy) is 2. The van der Waals surface area contributed by atoms with E-state index in [1.807, 2.05) is 20.8 Å². The molecule has 0 radical (unpaired) electrons. The van der Waals surface area contributed by atoms with Gasteiger partial charge in [-0.1, -0.05) is 0 Å². The SMILES string of the molecule is CNc1nccc(OCCOC(C)(C)C)n1. The monoisotopic (exact) mass is 225 g/mol. The number of nitrogens with one attached hydrogen (secondary N) is 1. The standard InChI is InChI=1S/C11H19N3O2/c1-11(2,3)16-8-7-15-9-5-6-13-10(12-4)14-9/h5-6H,7-8H2,1-4H3,(H,12,13,14). The third kappa shape index (κ3) is 4.93. The van der Waals surface area contributed by atoms with E-state index >= 15 is 0 Å². The third-order valence-electron chi connectivity index (χ3n) is 1.72. The van der Waals surface area contributed by atoms with E-state index in [-0.39, 0.29) is 5.60 Å². The number of rotatable bonds is 5. The van der Waals surface area contributed by atoms with Crippen LogP contribution in [0.1, 0.15) is 20.8 Å². The molecule has 0 aliphatic carbocycles. The van der Waals surface area contributed by atoms with Crippen molar-refractivity contribution < 1.29 is 9.47 Å². The van der Waals surface area contributed by atoms with E-state index in [4.69, 9.17) is 9.47 Å². The highest BCUT2D eigenvalue weighted by atomic mass is 16.5. The Morgan fingerprint density at radius 2 is 2.06 bits per heavy atom. The average molecular weight is 225 g/mol. The minimum atomic E-state index is -0.134. The molecule has 5 heteroatoms. The molecule has 0 amide bonds. The molecule has 0 unspecified atom stereocenters. The summed E-state index contributed by atoms with van der Waals surface area (Å²) >= 11 is 0. The molecule has 5 nitrogen and oxygen atoms in total. The minimum Gasteiger partial charge on any atom is -0.475 e. The quantitative estimate of drug-likeness (QED) is 0.773. The Balaban J connectivity index is 2.32. The number of hydrogen-bond donors (Lipinski definition) is 1. The fraction of sp³-hybridized carbons (Fsp3) is 0.636. The first-order valence-corrected chi connectivity index (χ1v) is 5.29. The maximum absolute atomic E-state index is 5.52. The number of hydrogen-bond acceptors (Lipinski definition) is 5. The molecular formula is C11H19N3O2. The molecule has 16 heavy (non-hydrogen) atoms. The Morgan fingerprint density at radius 1 is 1.31 bits per heavy atom. The van der Waals surface area contributed by atoms with Crippen LogP contribution in [-0.4, -0.2) is 35.8 Å². The zero-order chi connectivity index (χ0) is 12.0. The van der Waals surface area contributed by atoms with Crippen LogP contribution in [0.2, 0.25) is 0 Å². The summed E-state index contributed by atoms with van der Waals surface area (Å²) in [6.45, 7) is 7.06. The van der Waals surface area contributed by atoms with Gasteiger partial charge in [-0.3, -0.25) is 0 Å². The predicted octanol–water partition coefficient (Wildman–Crippen LogP) is 1.71. The summed E-state index contributed by atoms with van der Waals surface area (Å²) in [4.78, 5) is 8.12. The summed E-state index contributed by atoms with van der Waals surface area (Å²) in [6, 6.07) is 1.72. The van der Waals surface area contributed by atoms with Crippen LogP contribution < -0.4 is 10.1 Å². The van der Waals surface area contributed by atoms with Crippen molar-refractivity contribution in [2.75, 3.05) is 25.6 Å². The molecule has 0 aliphatic rings. The molecule has 0 bridgehead atoms. The van der Waals surface area contributed by atoms with Gasteiger partial charge >= 0.3 is 0 Å². The van der Waals surface area contributed by atoms with Crippen LogP contribution in [-0.2, 0) is 4.74 Å². The Morgan fingerprint density at radius 3 is 2.69 bits per heavy atom.